The Morgan fingerprint density at radius 1 is 1.21 bits per heavy atom. The van der Waals surface area contributed by atoms with Crippen LogP contribution in [0.25, 0.3) is 5.57 Å². The highest BCUT2D eigenvalue weighted by Crippen LogP contribution is 2.29. The number of nitrogens with one attached hydrogen (secondary N) is 2. The van der Waals surface area contributed by atoms with Gasteiger partial charge < -0.3 is 21.5 Å². The molecule has 1 heterocycles. The second-order valence-corrected chi connectivity index (χ2v) is 8.18. The molecule has 0 aromatic heterocycles. The summed E-state index contributed by atoms with van der Waals surface area (Å²) in [6, 6.07) is 8.44. The van der Waals surface area contributed by atoms with Gasteiger partial charge in [0, 0.05) is 29.2 Å². The molecule has 2 aromatic rings. The van der Waals surface area contributed by atoms with E-state index in [2.05, 4.69) is 15.6 Å². The van der Waals surface area contributed by atoms with Crippen LogP contribution in [0.2, 0.25) is 0 Å². The van der Waals surface area contributed by atoms with E-state index < -0.39 is 29.1 Å². The Bertz CT molecular complexity index is 1080. The first-order valence-corrected chi connectivity index (χ1v) is 10.7. The number of rotatable bonds is 7. The van der Waals surface area contributed by atoms with E-state index in [0.29, 0.717) is 31.5 Å². The maximum absolute atomic E-state index is 14.7. The molecular formula is C24H26F4N4O2. The summed E-state index contributed by atoms with van der Waals surface area (Å²) in [6.45, 7) is 1.56. The number of alkyl halides is 3. The number of halogens is 4. The third-order valence-electron chi connectivity index (χ3n) is 5.51. The molecule has 1 fully saturated rings. The van der Waals surface area contributed by atoms with Crippen molar-refractivity contribution >= 4 is 23.4 Å². The molecule has 0 radical (unpaired) electrons. The number of anilines is 1. The van der Waals surface area contributed by atoms with E-state index in [4.69, 9.17) is 5.73 Å². The van der Waals surface area contributed by atoms with Gasteiger partial charge in [-0.15, -0.1) is 0 Å². The quantitative estimate of drug-likeness (QED) is 0.362. The minimum Gasteiger partial charge on any atom is -0.404 e. The molecule has 182 valence electrons. The molecule has 1 aliphatic heterocycles. The van der Waals surface area contributed by atoms with Crippen LogP contribution in [0.5, 0.6) is 0 Å². The average molecular weight is 478 g/mol. The van der Waals surface area contributed by atoms with Crippen molar-refractivity contribution in [1.29, 1.82) is 0 Å². The minimum absolute atomic E-state index is 0.149. The van der Waals surface area contributed by atoms with Gasteiger partial charge in [0.15, 0.2) is 0 Å². The van der Waals surface area contributed by atoms with Crippen LogP contribution < -0.4 is 16.4 Å². The topological polar surface area (TPSA) is 99.7 Å². The van der Waals surface area contributed by atoms with Gasteiger partial charge in [0.1, 0.15) is 5.82 Å². The highest BCUT2D eigenvalue weighted by Gasteiger charge is 2.30. The number of hydrogen-bond acceptors (Lipinski definition) is 5. The predicted molar refractivity (Wildman–Crippen MR) is 123 cm³/mol. The smallest absolute Gasteiger partial charge is 0.404 e. The Kier molecular flexibility index (Phi) is 8.06. The molecule has 10 heteroatoms. The lowest BCUT2D eigenvalue weighted by atomic mass is 9.93. The SMILES string of the molecule is N/C=C(\C=NCC1(O)CCNCC1)c1ccc(NC(=O)Cc2cccc(C(F)(F)F)c2)cc1F. The number of carbonyl (C=O) groups excluding carboxylic acids is 1. The maximum atomic E-state index is 14.7. The Labute approximate surface area is 194 Å². The summed E-state index contributed by atoms with van der Waals surface area (Å²) in [6.07, 6.45) is -1.09. The first-order valence-electron chi connectivity index (χ1n) is 10.7. The number of nitrogens with zero attached hydrogens (tertiary/aromatic N) is 1. The first-order chi connectivity index (χ1) is 16.1. The van der Waals surface area contributed by atoms with Crippen LogP contribution in [0.15, 0.2) is 53.7 Å². The van der Waals surface area contributed by atoms with Crippen molar-refractivity contribution in [3.8, 4) is 0 Å². The molecule has 0 spiro atoms. The molecule has 6 nitrogen and oxygen atoms in total. The van der Waals surface area contributed by atoms with Gasteiger partial charge in [-0.1, -0.05) is 18.2 Å². The van der Waals surface area contributed by atoms with Crippen LogP contribution >= 0.6 is 0 Å². The standard InChI is InChI=1S/C24H26F4N4O2/c25-21-12-19(32-22(33)11-16-2-1-3-18(10-16)24(26,27)28)4-5-20(21)17(13-29)14-31-15-23(34)6-8-30-9-7-23/h1-5,10,12-14,30,34H,6-9,11,15,29H2,(H,32,33)/b17-13+,31-14?. The second-order valence-electron chi connectivity index (χ2n) is 8.18. The molecular weight excluding hydrogens is 452 g/mol. The molecule has 2 aromatic carbocycles. The summed E-state index contributed by atoms with van der Waals surface area (Å²) in [7, 11) is 0. The number of aliphatic hydroxyl groups is 1. The van der Waals surface area contributed by atoms with E-state index in [-0.39, 0.29) is 29.8 Å². The zero-order valence-electron chi connectivity index (χ0n) is 18.3. The van der Waals surface area contributed by atoms with E-state index in [9.17, 15) is 27.5 Å². The van der Waals surface area contributed by atoms with E-state index in [0.717, 1.165) is 18.2 Å². The van der Waals surface area contributed by atoms with E-state index in [1.807, 2.05) is 0 Å². The lowest BCUT2D eigenvalue weighted by molar-refractivity contribution is -0.137. The molecule has 1 amide bonds. The van der Waals surface area contributed by atoms with Crippen molar-refractivity contribution in [3.63, 3.8) is 0 Å². The van der Waals surface area contributed by atoms with Gasteiger partial charge in [-0.25, -0.2) is 4.39 Å². The predicted octanol–water partition coefficient (Wildman–Crippen LogP) is 3.51. The second kappa shape index (κ2) is 10.8. The summed E-state index contributed by atoms with van der Waals surface area (Å²) in [5.41, 5.74) is 4.67. The van der Waals surface area contributed by atoms with Crippen molar-refractivity contribution < 1.29 is 27.5 Å². The van der Waals surface area contributed by atoms with Gasteiger partial charge in [0.25, 0.3) is 0 Å². The fraction of sp³-hybridized carbons (Fsp3) is 0.333. The molecule has 0 atom stereocenters. The highest BCUT2D eigenvalue weighted by molar-refractivity contribution is 6.09. The highest BCUT2D eigenvalue weighted by atomic mass is 19.4. The minimum atomic E-state index is -4.51. The first kappa shape index (κ1) is 25.4. The van der Waals surface area contributed by atoms with Gasteiger partial charge in [-0.2, -0.15) is 13.2 Å². The maximum Gasteiger partial charge on any atom is 0.416 e. The summed E-state index contributed by atoms with van der Waals surface area (Å²) >= 11 is 0. The normalized spacial score (nSPS) is 16.6. The van der Waals surface area contributed by atoms with Crippen LogP contribution in [0.3, 0.4) is 0 Å². The van der Waals surface area contributed by atoms with E-state index in [1.54, 1.807) is 0 Å². The molecule has 0 bridgehead atoms. The Morgan fingerprint density at radius 2 is 1.94 bits per heavy atom. The number of benzene rings is 2. The fourth-order valence-electron chi connectivity index (χ4n) is 3.64. The summed E-state index contributed by atoms with van der Waals surface area (Å²) < 4.78 is 53.2. The summed E-state index contributed by atoms with van der Waals surface area (Å²) in [5.74, 6) is -1.25. The summed E-state index contributed by atoms with van der Waals surface area (Å²) in [4.78, 5) is 16.5. The molecule has 0 aliphatic carbocycles. The third-order valence-corrected chi connectivity index (χ3v) is 5.51. The van der Waals surface area contributed by atoms with E-state index in [1.165, 1.54) is 36.7 Å². The molecule has 3 rings (SSSR count). The largest absolute Gasteiger partial charge is 0.416 e. The van der Waals surface area contributed by atoms with Crippen molar-refractivity contribution in [1.82, 2.24) is 5.32 Å². The van der Waals surface area contributed by atoms with E-state index >= 15 is 0 Å². The molecule has 0 saturated carbocycles. The number of nitrogens with two attached hydrogens (primary N) is 1. The zero-order chi connectivity index (χ0) is 24.8. The Morgan fingerprint density at radius 3 is 2.59 bits per heavy atom. The Hall–Kier alpha value is -3.24. The number of hydrogen-bond donors (Lipinski definition) is 4. The zero-order valence-corrected chi connectivity index (χ0v) is 18.3. The van der Waals surface area contributed by atoms with Gasteiger partial charge in [0.05, 0.1) is 24.1 Å². The lowest BCUT2D eigenvalue weighted by Crippen LogP contribution is -2.44. The van der Waals surface area contributed by atoms with Crippen LogP contribution in [0, 0.1) is 5.82 Å². The van der Waals surface area contributed by atoms with Crippen molar-refractivity contribution in [2.24, 2.45) is 10.7 Å². The molecule has 1 saturated heterocycles. The molecule has 5 N–H and O–H groups in total. The third kappa shape index (κ3) is 6.88. The molecule has 0 unspecified atom stereocenters. The number of amides is 1. The number of piperidine rings is 1. The van der Waals surface area contributed by atoms with Crippen LogP contribution in [-0.4, -0.2) is 42.5 Å². The number of carbonyl (C=O) groups is 1. The number of allylic oxidation sites excluding steroid dienone is 1. The van der Waals surface area contributed by atoms with Gasteiger partial charge in [0.2, 0.25) is 5.91 Å². The molecule has 1 aliphatic rings. The monoisotopic (exact) mass is 478 g/mol. The van der Waals surface area contributed by atoms with Crippen molar-refractivity contribution in [2.45, 2.75) is 31.0 Å². The van der Waals surface area contributed by atoms with Crippen LogP contribution in [-0.2, 0) is 17.4 Å². The summed E-state index contributed by atoms with van der Waals surface area (Å²) in [5, 5.41) is 16.1. The van der Waals surface area contributed by atoms with Crippen molar-refractivity contribution in [2.75, 3.05) is 25.0 Å². The Balaban J connectivity index is 1.63. The van der Waals surface area contributed by atoms with Crippen LogP contribution in [0.4, 0.5) is 23.2 Å². The average Bonchev–Trinajstić information content (AvgIpc) is 2.77. The van der Waals surface area contributed by atoms with Crippen LogP contribution in [0.1, 0.15) is 29.5 Å². The van der Waals surface area contributed by atoms with Gasteiger partial charge >= 0.3 is 6.18 Å². The lowest BCUT2D eigenvalue weighted by Gasteiger charge is -2.30. The van der Waals surface area contributed by atoms with Crippen molar-refractivity contribution in [3.05, 3.63) is 71.2 Å². The number of aliphatic imine (C=N–C) groups is 1. The molecule has 34 heavy (non-hydrogen) atoms. The fourth-order valence-corrected chi connectivity index (χ4v) is 3.64. The van der Waals surface area contributed by atoms with Gasteiger partial charge in [-0.3, -0.25) is 9.79 Å². The van der Waals surface area contributed by atoms with Gasteiger partial charge in [-0.05, 0) is 55.8 Å².